The molecule has 2 bridgehead atoms. The number of nitrogens with one attached hydrogen (secondary N) is 1. The van der Waals surface area contributed by atoms with Crippen LogP contribution in [0.15, 0.2) is 42.7 Å². The molecule has 0 aliphatic carbocycles. The highest BCUT2D eigenvalue weighted by molar-refractivity contribution is 5.72. The first-order chi connectivity index (χ1) is 13.6. The molecule has 3 fully saturated rings. The van der Waals surface area contributed by atoms with Gasteiger partial charge in [-0.2, -0.15) is 5.10 Å². The van der Waals surface area contributed by atoms with Crippen LogP contribution in [0.1, 0.15) is 30.9 Å². The van der Waals surface area contributed by atoms with Gasteiger partial charge in [-0.3, -0.25) is 14.4 Å². The highest BCUT2D eigenvalue weighted by Gasteiger charge is 2.62. The Morgan fingerprint density at radius 2 is 2.18 bits per heavy atom. The summed E-state index contributed by atoms with van der Waals surface area (Å²) in [6.45, 7) is 6.17. The number of ether oxygens (including phenoxy) is 1. The molecule has 6 nitrogen and oxygen atoms in total. The normalized spacial score (nSPS) is 31.2. The second-order valence-corrected chi connectivity index (χ2v) is 8.66. The van der Waals surface area contributed by atoms with E-state index in [2.05, 4.69) is 39.6 Å². The van der Waals surface area contributed by atoms with E-state index in [0.717, 1.165) is 45.6 Å². The molecule has 4 heterocycles. The Kier molecular flexibility index (Phi) is 4.48. The van der Waals surface area contributed by atoms with Gasteiger partial charge >= 0.3 is 0 Å². The van der Waals surface area contributed by atoms with Crippen LogP contribution >= 0.6 is 0 Å². The zero-order valence-corrected chi connectivity index (χ0v) is 16.4. The lowest BCUT2D eigenvalue weighted by atomic mass is 9.73. The fraction of sp³-hybridized carbons (Fsp3) is 0.545. The molecule has 1 aromatic carbocycles. The third kappa shape index (κ3) is 3.25. The minimum atomic E-state index is 0.0144. The first-order valence-electron chi connectivity index (χ1n) is 10.3. The SMILES string of the molecule is CC(=O)NC[C@H]1[C@H]2CN(Cc3cccc(Cn4cccn4)c3)C[C@]23CC[C@H]1O3. The van der Waals surface area contributed by atoms with E-state index in [-0.39, 0.29) is 11.5 Å². The monoisotopic (exact) mass is 380 g/mol. The Morgan fingerprint density at radius 3 is 2.96 bits per heavy atom. The molecule has 1 N–H and O–H groups in total. The maximum Gasteiger partial charge on any atom is 0.216 e. The van der Waals surface area contributed by atoms with Gasteiger partial charge in [0.05, 0.1) is 18.2 Å². The molecule has 1 spiro atoms. The third-order valence-corrected chi connectivity index (χ3v) is 6.74. The summed E-state index contributed by atoms with van der Waals surface area (Å²) in [5.74, 6) is 1.04. The number of amides is 1. The lowest BCUT2D eigenvalue weighted by Gasteiger charge is -2.29. The molecular weight excluding hydrogens is 352 g/mol. The number of hydrogen-bond donors (Lipinski definition) is 1. The van der Waals surface area contributed by atoms with Crippen molar-refractivity contribution in [1.82, 2.24) is 20.0 Å². The average Bonchev–Trinajstić information content (AvgIpc) is 3.41. The lowest BCUT2D eigenvalue weighted by molar-refractivity contribution is -0.119. The third-order valence-electron chi connectivity index (χ3n) is 6.74. The summed E-state index contributed by atoms with van der Waals surface area (Å²) in [5.41, 5.74) is 2.63. The molecule has 0 unspecified atom stereocenters. The number of hydrogen-bond acceptors (Lipinski definition) is 4. The zero-order valence-electron chi connectivity index (χ0n) is 16.4. The van der Waals surface area contributed by atoms with Crippen molar-refractivity contribution in [3.8, 4) is 0 Å². The summed E-state index contributed by atoms with van der Waals surface area (Å²) in [7, 11) is 0. The van der Waals surface area contributed by atoms with Crippen LogP contribution in [0.2, 0.25) is 0 Å². The van der Waals surface area contributed by atoms with Gasteiger partial charge in [-0.05, 0) is 30.0 Å². The lowest BCUT2D eigenvalue weighted by Crippen LogP contribution is -2.41. The molecule has 6 heteroatoms. The smallest absolute Gasteiger partial charge is 0.216 e. The average molecular weight is 380 g/mol. The molecule has 148 valence electrons. The van der Waals surface area contributed by atoms with E-state index in [1.165, 1.54) is 11.1 Å². The van der Waals surface area contributed by atoms with E-state index in [4.69, 9.17) is 4.74 Å². The molecular formula is C22H28N4O2. The van der Waals surface area contributed by atoms with Gasteiger partial charge in [0.2, 0.25) is 5.91 Å². The van der Waals surface area contributed by atoms with E-state index in [1.807, 2.05) is 23.1 Å². The van der Waals surface area contributed by atoms with Crippen LogP contribution in [-0.2, 0) is 22.6 Å². The van der Waals surface area contributed by atoms with Crippen molar-refractivity contribution in [2.75, 3.05) is 19.6 Å². The second kappa shape index (κ2) is 7.01. The number of rotatable bonds is 6. The Morgan fingerprint density at radius 1 is 1.32 bits per heavy atom. The summed E-state index contributed by atoms with van der Waals surface area (Å²) < 4.78 is 8.44. The van der Waals surface area contributed by atoms with E-state index in [0.29, 0.717) is 17.9 Å². The number of nitrogens with zero attached hydrogens (tertiary/aromatic N) is 3. The molecule has 4 atom stereocenters. The summed E-state index contributed by atoms with van der Waals surface area (Å²) in [4.78, 5) is 13.9. The Labute approximate surface area is 165 Å². The van der Waals surface area contributed by atoms with Crippen LogP contribution in [0.25, 0.3) is 0 Å². The summed E-state index contributed by atoms with van der Waals surface area (Å²) >= 11 is 0. The number of carbonyl (C=O) groups excluding carboxylic acids is 1. The van der Waals surface area contributed by atoms with Crippen molar-refractivity contribution in [1.29, 1.82) is 0 Å². The van der Waals surface area contributed by atoms with E-state index < -0.39 is 0 Å². The van der Waals surface area contributed by atoms with Gasteiger partial charge < -0.3 is 10.1 Å². The van der Waals surface area contributed by atoms with Gasteiger partial charge in [-0.15, -0.1) is 0 Å². The number of carbonyl (C=O) groups is 1. The summed E-state index contributed by atoms with van der Waals surface area (Å²) in [6, 6.07) is 10.8. The molecule has 0 saturated carbocycles. The van der Waals surface area contributed by atoms with Crippen molar-refractivity contribution in [3.05, 3.63) is 53.9 Å². The standard InChI is InChI=1S/C22H28N4O2/c1-16(27)23-11-19-20-14-25(15-22(20)7-6-21(19)28-22)12-17-4-2-5-18(10-17)13-26-9-3-8-24-26/h2-5,8-10,19-21H,6-7,11-15H2,1H3,(H,23,27)/t19-,20+,21+,22+/m0/s1. The fourth-order valence-electron chi connectivity index (χ4n) is 5.61. The maximum absolute atomic E-state index is 11.4. The first kappa shape index (κ1) is 17.9. The highest BCUT2D eigenvalue weighted by atomic mass is 16.5. The van der Waals surface area contributed by atoms with Gasteiger partial charge in [0.25, 0.3) is 0 Å². The Bertz CT molecular complexity index is 852. The van der Waals surface area contributed by atoms with Gasteiger partial charge in [0.15, 0.2) is 0 Å². The van der Waals surface area contributed by atoms with Gasteiger partial charge in [-0.25, -0.2) is 0 Å². The predicted molar refractivity (Wildman–Crippen MR) is 106 cm³/mol. The van der Waals surface area contributed by atoms with Crippen molar-refractivity contribution >= 4 is 5.91 Å². The Hall–Kier alpha value is -2.18. The molecule has 5 rings (SSSR count). The molecule has 3 aliphatic rings. The van der Waals surface area contributed by atoms with Crippen LogP contribution in [0.5, 0.6) is 0 Å². The fourth-order valence-corrected chi connectivity index (χ4v) is 5.61. The van der Waals surface area contributed by atoms with E-state index in [9.17, 15) is 4.79 Å². The van der Waals surface area contributed by atoms with Crippen molar-refractivity contribution in [2.45, 2.75) is 44.6 Å². The Balaban J connectivity index is 1.26. The minimum Gasteiger partial charge on any atom is -0.370 e. The van der Waals surface area contributed by atoms with Crippen LogP contribution in [0, 0.1) is 11.8 Å². The largest absolute Gasteiger partial charge is 0.370 e. The van der Waals surface area contributed by atoms with Crippen LogP contribution < -0.4 is 5.32 Å². The van der Waals surface area contributed by atoms with Crippen LogP contribution in [0.3, 0.4) is 0 Å². The minimum absolute atomic E-state index is 0.0144. The van der Waals surface area contributed by atoms with Gasteiger partial charge in [0.1, 0.15) is 0 Å². The molecule has 2 aromatic rings. The first-order valence-corrected chi connectivity index (χ1v) is 10.3. The summed E-state index contributed by atoms with van der Waals surface area (Å²) in [5, 5.41) is 7.33. The number of fused-ring (bicyclic) bond motifs is 1. The number of benzene rings is 1. The van der Waals surface area contributed by atoms with Gasteiger partial charge in [-0.1, -0.05) is 24.3 Å². The van der Waals surface area contributed by atoms with E-state index in [1.54, 1.807) is 6.92 Å². The van der Waals surface area contributed by atoms with Crippen LogP contribution in [-0.4, -0.2) is 51.9 Å². The van der Waals surface area contributed by atoms with E-state index >= 15 is 0 Å². The molecule has 0 radical (unpaired) electrons. The predicted octanol–water partition coefficient (Wildman–Crippen LogP) is 2.05. The highest BCUT2D eigenvalue weighted by Crippen LogP contribution is 2.54. The van der Waals surface area contributed by atoms with Gasteiger partial charge in [0, 0.05) is 57.3 Å². The number of likely N-dealkylation sites (tertiary alicyclic amines) is 1. The summed E-state index contributed by atoms with van der Waals surface area (Å²) in [6.07, 6.45) is 6.44. The number of aromatic nitrogens is 2. The molecule has 1 aromatic heterocycles. The van der Waals surface area contributed by atoms with Crippen molar-refractivity contribution in [3.63, 3.8) is 0 Å². The quantitative estimate of drug-likeness (QED) is 0.833. The van der Waals surface area contributed by atoms with Crippen molar-refractivity contribution in [2.24, 2.45) is 11.8 Å². The topological polar surface area (TPSA) is 59.4 Å². The zero-order chi connectivity index (χ0) is 19.1. The molecule has 1 amide bonds. The second-order valence-electron chi connectivity index (χ2n) is 8.66. The van der Waals surface area contributed by atoms with Crippen molar-refractivity contribution < 1.29 is 9.53 Å². The molecule has 3 aliphatic heterocycles. The molecule has 3 saturated heterocycles. The molecule has 28 heavy (non-hydrogen) atoms. The maximum atomic E-state index is 11.4. The van der Waals surface area contributed by atoms with Crippen LogP contribution in [0.4, 0.5) is 0 Å².